The third-order valence-electron chi connectivity index (χ3n) is 2.16. The first-order chi connectivity index (χ1) is 7.88. The maximum absolute atomic E-state index is 4.02. The summed E-state index contributed by atoms with van der Waals surface area (Å²) in [5.41, 5.74) is 0. The normalized spacial score (nSPS) is 10.9. The predicted octanol–water partition coefficient (Wildman–Crippen LogP) is 1.56. The van der Waals surface area contributed by atoms with Crippen molar-refractivity contribution >= 4 is 11.8 Å². The van der Waals surface area contributed by atoms with E-state index in [4.69, 9.17) is 0 Å². The van der Waals surface area contributed by atoms with Gasteiger partial charge in [-0.25, -0.2) is 4.68 Å². The van der Waals surface area contributed by atoms with Gasteiger partial charge in [0.15, 0.2) is 0 Å². The summed E-state index contributed by atoms with van der Waals surface area (Å²) in [5, 5.41) is 16.0. The zero-order valence-corrected chi connectivity index (χ0v) is 11.0. The van der Waals surface area contributed by atoms with Crippen LogP contribution < -0.4 is 5.32 Å². The van der Waals surface area contributed by atoms with Gasteiger partial charge >= 0.3 is 0 Å². The van der Waals surface area contributed by atoms with Gasteiger partial charge in [-0.15, -0.1) is 5.10 Å². The third kappa shape index (κ3) is 4.94. The van der Waals surface area contributed by atoms with E-state index in [1.807, 2.05) is 4.68 Å². The van der Waals surface area contributed by atoms with Gasteiger partial charge in [-0.2, -0.15) is 0 Å². The van der Waals surface area contributed by atoms with Crippen LogP contribution >= 0.6 is 11.8 Å². The molecule has 0 fully saturated rings. The van der Waals surface area contributed by atoms with Crippen LogP contribution in [-0.2, 0) is 6.54 Å². The Kier molecular flexibility index (Phi) is 7.16. The molecule has 0 radical (unpaired) electrons. The molecule has 1 rings (SSSR count). The predicted molar refractivity (Wildman–Crippen MR) is 66.6 cm³/mol. The molecular formula is C10H21N5S. The molecule has 0 unspecified atom stereocenters. The first-order valence-electron chi connectivity index (χ1n) is 5.98. The molecule has 0 aromatic carbocycles. The van der Waals surface area contributed by atoms with Crippen LogP contribution in [0.25, 0.3) is 0 Å². The molecule has 0 aliphatic carbocycles. The molecule has 0 bridgehead atoms. The lowest BCUT2D eigenvalue weighted by atomic mass is 10.4. The van der Waals surface area contributed by atoms with Crippen molar-refractivity contribution < 1.29 is 0 Å². The highest BCUT2D eigenvalue weighted by molar-refractivity contribution is 7.99. The van der Waals surface area contributed by atoms with E-state index in [1.54, 1.807) is 11.8 Å². The van der Waals surface area contributed by atoms with E-state index in [-0.39, 0.29) is 0 Å². The van der Waals surface area contributed by atoms with Crippen molar-refractivity contribution in [3.8, 4) is 0 Å². The Morgan fingerprint density at radius 1 is 1.25 bits per heavy atom. The van der Waals surface area contributed by atoms with Crippen LogP contribution in [0.4, 0.5) is 0 Å². The lowest BCUT2D eigenvalue weighted by molar-refractivity contribution is 0.510. The minimum absolute atomic E-state index is 0.849. The SMILES string of the molecule is CCCCSc1nnnn1CCNCCC. The van der Waals surface area contributed by atoms with E-state index >= 15 is 0 Å². The Balaban J connectivity index is 2.26. The van der Waals surface area contributed by atoms with Crippen molar-refractivity contribution in [1.82, 2.24) is 25.5 Å². The number of hydrogen-bond acceptors (Lipinski definition) is 5. The Morgan fingerprint density at radius 3 is 2.88 bits per heavy atom. The number of aromatic nitrogens is 4. The summed E-state index contributed by atoms with van der Waals surface area (Å²) in [6.45, 7) is 7.19. The lowest BCUT2D eigenvalue weighted by Crippen LogP contribution is -2.21. The molecule has 1 aromatic rings. The topological polar surface area (TPSA) is 55.6 Å². The summed E-state index contributed by atoms with van der Waals surface area (Å²) in [5.74, 6) is 1.10. The van der Waals surface area contributed by atoms with Gasteiger partial charge in [0.1, 0.15) is 0 Å². The van der Waals surface area contributed by atoms with Crippen LogP contribution in [0.15, 0.2) is 5.16 Å². The van der Waals surface area contributed by atoms with Gasteiger partial charge < -0.3 is 5.32 Å². The zero-order chi connectivity index (χ0) is 11.6. The van der Waals surface area contributed by atoms with Gasteiger partial charge in [-0.3, -0.25) is 0 Å². The first-order valence-corrected chi connectivity index (χ1v) is 6.96. The second-order valence-corrected chi connectivity index (χ2v) is 4.70. The molecule has 0 atom stereocenters. The van der Waals surface area contributed by atoms with Crippen molar-refractivity contribution in [2.45, 2.75) is 44.8 Å². The highest BCUT2D eigenvalue weighted by atomic mass is 32.2. The molecular weight excluding hydrogens is 222 g/mol. The minimum atomic E-state index is 0.849. The second-order valence-electron chi connectivity index (χ2n) is 3.64. The molecule has 6 heteroatoms. The number of hydrogen-bond donors (Lipinski definition) is 1. The number of tetrazole rings is 1. The van der Waals surface area contributed by atoms with Gasteiger partial charge in [0.25, 0.3) is 0 Å². The number of rotatable bonds is 9. The molecule has 0 amide bonds. The molecule has 0 saturated carbocycles. The summed E-state index contributed by atoms with van der Waals surface area (Å²) in [4.78, 5) is 0. The monoisotopic (exact) mass is 243 g/mol. The first kappa shape index (κ1) is 13.4. The quantitative estimate of drug-likeness (QED) is 0.527. The summed E-state index contributed by atoms with van der Waals surface area (Å²) < 4.78 is 1.88. The van der Waals surface area contributed by atoms with Crippen LogP contribution in [0.2, 0.25) is 0 Å². The zero-order valence-electron chi connectivity index (χ0n) is 10.1. The average Bonchev–Trinajstić information content (AvgIpc) is 2.73. The molecule has 5 nitrogen and oxygen atoms in total. The van der Waals surface area contributed by atoms with Crippen LogP contribution in [0.5, 0.6) is 0 Å². The Hall–Kier alpha value is -0.620. The fourth-order valence-corrected chi connectivity index (χ4v) is 2.22. The van der Waals surface area contributed by atoms with Crippen LogP contribution in [0.3, 0.4) is 0 Å². The summed E-state index contributed by atoms with van der Waals surface area (Å²) in [6, 6.07) is 0. The molecule has 0 spiro atoms. The number of unbranched alkanes of at least 4 members (excludes halogenated alkanes) is 1. The second kappa shape index (κ2) is 8.52. The van der Waals surface area contributed by atoms with Crippen molar-refractivity contribution in [3.05, 3.63) is 0 Å². The van der Waals surface area contributed by atoms with Crippen molar-refractivity contribution in [2.24, 2.45) is 0 Å². The largest absolute Gasteiger partial charge is 0.315 e. The lowest BCUT2D eigenvalue weighted by Gasteiger charge is -2.04. The van der Waals surface area contributed by atoms with E-state index in [0.29, 0.717) is 0 Å². The molecule has 0 aliphatic rings. The molecule has 0 saturated heterocycles. The molecule has 16 heavy (non-hydrogen) atoms. The van der Waals surface area contributed by atoms with Gasteiger partial charge in [0.05, 0.1) is 6.54 Å². The van der Waals surface area contributed by atoms with Gasteiger partial charge in [0, 0.05) is 12.3 Å². The summed E-state index contributed by atoms with van der Waals surface area (Å²) in [6.07, 6.45) is 3.59. The molecule has 1 aromatic heterocycles. The number of nitrogens with one attached hydrogen (secondary N) is 1. The molecule has 1 heterocycles. The fraction of sp³-hybridized carbons (Fsp3) is 0.900. The third-order valence-corrected chi connectivity index (χ3v) is 3.20. The van der Waals surface area contributed by atoms with Crippen LogP contribution in [0, 0.1) is 0 Å². The van der Waals surface area contributed by atoms with E-state index in [9.17, 15) is 0 Å². The van der Waals surface area contributed by atoms with Gasteiger partial charge in [-0.05, 0) is 29.8 Å². The van der Waals surface area contributed by atoms with E-state index < -0.39 is 0 Å². The van der Waals surface area contributed by atoms with Crippen LogP contribution in [0.1, 0.15) is 33.1 Å². The van der Waals surface area contributed by atoms with Crippen LogP contribution in [-0.4, -0.2) is 39.0 Å². The van der Waals surface area contributed by atoms with Gasteiger partial charge in [0.2, 0.25) is 5.16 Å². The molecule has 92 valence electrons. The van der Waals surface area contributed by atoms with Crippen molar-refractivity contribution in [3.63, 3.8) is 0 Å². The highest BCUT2D eigenvalue weighted by Crippen LogP contribution is 2.14. The smallest absolute Gasteiger partial charge is 0.209 e. The summed E-state index contributed by atoms with van der Waals surface area (Å²) in [7, 11) is 0. The van der Waals surface area contributed by atoms with Crippen molar-refractivity contribution in [2.75, 3.05) is 18.8 Å². The van der Waals surface area contributed by atoms with Gasteiger partial charge in [-0.1, -0.05) is 32.0 Å². The Bertz CT molecular complexity index is 276. The maximum atomic E-state index is 4.02. The van der Waals surface area contributed by atoms with E-state index in [0.717, 1.165) is 37.0 Å². The van der Waals surface area contributed by atoms with E-state index in [2.05, 4.69) is 34.7 Å². The van der Waals surface area contributed by atoms with Crippen molar-refractivity contribution in [1.29, 1.82) is 0 Å². The summed E-state index contributed by atoms with van der Waals surface area (Å²) >= 11 is 1.74. The standard InChI is InChI=1S/C10H21N5S/c1-3-5-9-16-10-12-13-14-15(10)8-7-11-6-4-2/h11H,3-9H2,1-2H3. The minimum Gasteiger partial charge on any atom is -0.315 e. The molecule has 0 aliphatic heterocycles. The Morgan fingerprint density at radius 2 is 2.12 bits per heavy atom. The van der Waals surface area contributed by atoms with E-state index in [1.165, 1.54) is 12.8 Å². The fourth-order valence-electron chi connectivity index (χ4n) is 1.23. The number of thioether (sulfide) groups is 1. The average molecular weight is 243 g/mol. The number of nitrogens with zero attached hydrogens (tertiary/aromatic N) is 4. The Labute approximate surface area is 101 Å². The molecule has 1 N–H and O–H groups in total. The maximum Gasteiger partial charge on any atom is 0.209 e. The highest BCUT2D eigenvalue weighted by Gasteiger charge is 2.05.